The third-order valence-corrected chi connectivity index (χ3v) is 3.52. The van der Waals surface area contributed by atoms with E-state index in [-0.39, 0.29) is 12.2 Å². The van der Waals surface area contributed by atoms with E-state index in [2.05, 4.69) is 0 Å². The van der Waals surface area contributed by atoms with Crippen LogP contribution in [0.4, 0.5) is 10.5 Å². The summed E-state index contributed by atoms with van der Waals surface area (Å²) in [4.78, 5) is 25.7. The predicted molar refractivity (Wildman–Crippen MR) is 80.2 cm³/mol. The van der Waals surface area contributed by atoms with E-state index < -0.39 is 6.09 Å². The van der Waals surface area contributed by atoms with Gasteiger partial charge in [-0.05, 0) is 30.3 Å². The van der Waals surface area contributed by atoms with Crippen LogP contribution in [0.3, 0.4) is 0 Å². The molecule has 5 heteroatoms. The number of anilines is 1. The molecule has 0 atom stereocenters. The third kappa shape index (κ3) is 2.76. The summed E-state index contributed by atoms with van der Waals surface area (Å²) >= 11 is 5.91. The van der Waals surface area contributed by atoms with E-state index in [4.69, 9.17) is 16.3 Å². The minimum atomic E-state index is -0.503. The molecule has 3 rings (SSSR count). The topological polar surface area (TPSA) is 46.6 Å². The summed E-state index contributed by atoms with van der Waals surface area (Å²) in [5.41, 5.74) is 0.996. The molecule has 4 nitrogen and oxygen atoms in total. The van der Waals surface area contributed by atoms with Crippen molar-refractivity contribution in [2.75, 3.05) is 11.4 Å². The molecular weight excluding hydrogens is 290 g/mol. The van der Waals surface area contributed by atoms with E-state index in [0.29, 0.717) is 28.6 Å². The van der Waals surface area contributed by atoms with Gasteiger partial charge in [-0.1, -0.05) is 29.8 Å². The van der Waals surface area contributed by atoms with Gasteiger partial charge in [-0.25, -0.2) is 4.79 Å². The number of carbonyl (C=O) groups is 2. The van der Waals surface area contributed by atoms with E-state index in [1.165, 1.54) is 4.90 Å². The number of ketones is 1. The number of amides is 1. The summed E-state index contributed by atoms with van der Waals surface area (Å²) in [5, 5.41) is 0.473. The molecule has 0 N–H and O–H groups in total. The minimum absolute atomic E-state index is 0.0174. The fourth-order valence-electron chi connectivity index (χ4n) is 2.27. The summed E-state index contributed by atoms with van der Waals surface area (Å²) < 4.78 is 5.32. The number of carbonyl (C=O) groups excluding carboxylic acids is 2. The molecule has 0 aliphatic carbocycles. The highest BCUT2D eigenvalue weighted by Crippen LogP contribution is 2.30. The van der Waals surface area contributed by atoms with Crippen LogP contribution in [-0.4, -0.2) is 18.4 Å². The van der Waals surface area contributed by atoms with E-state index >= 15 is 0 Å². The number of ether oxygens (including phenoxy) is 1. The highest BCUT2D eigenvalue weighted by atomic mass is 35.5. The second-order valence-electron chi connectivity index (χ2n) is 4.67. The molecule has 0 saturated carbocycles. The SMILES string of the molecule is O=C1CCN(C(=O)Oc2ccccc2)c2ccc(Cl)cc21. The lowest BCUT2D eigenvalue weighted by Gasteiger charge is -2.27. The summed E-state index contributed by atoms with van der Waals surface area (Å²) in [6.07, 6.45) is -0.241. The first-order valence-electron chi connectivity index (χ1n) is 6.52. The van der Waals surface area contributed by atoms with E-state index in [0.717, 1.165) is 0 Å². The minimum Gasteiger partial charge on any atom is -0.410 e. The van der Waals surface area contributed by atoms with Gasteiger partial charge in [-0.15, -0.1) is 0 Å². The smallest absolute Gasteiger partial charge is 0.410 e. The van der Waals surface area contributed by atoms with Gasteiger partial charge in [0, 0.05) is 23.6 Å². The molecule has 2 aromatic rings. The van der Waals surface area contributed by atoms with Crippen LogP contribution in [0.5, 0.6) is 5.75 Å². The maximum atomic E-state index is 12.3. The van der Waals surface area contributed by atoms with Gasteiger partial charge < -0.3 is 4.74 Å². The largest absolute Gasteiger partial charge is 0.419 e. The van der Waals surface area contributed by atoms with Gasteiger partial charge in [-0.3, -0.25) is 9.69 Å². The number of rotatable bonds is 1. The van der Waals surface area contributed by atoms with Crippen molar-refractivity contribution in [2.24, 2.45) is 0 Å². The van der Waals surface area contributed by atoms with Gasteiger partial charge in [0.15, 0.2) is 5.78 Å². The average molecular weight is 302 g/mol. The van der Waals surface area contributed by atoms with Crippen molar-refractivity contribution in [2.45, 2.75) is 6.42 Å². The number of Topliss-reactive ketones (excluding diaryl/α,β-unsaturated/α-hetero) is 1. The number of benzene rings is 2. The van der Waals surface area contributed by atoms with E-state index in [1.807, 2.05) is 6.07 Å². The highest BCUT2D eigenvalue weighted by molar-refractivity contribution is 6.31. The van der Waals surface area contributed by atoms with Crippen LogP contribution in [0.1, 0.15) is 16.8 Å². The Hall–Kier alpha value is -2.33. The lowest BCUT2D eigenvalue weighted by molar-refractivity contribution is 0.0980. The maximum absolute atomic E-state index is 12.3. The van der Waals surface area contributed by atoms with Crippen LogP contribution in [-0.2, 0) is 0 Å². The Morgan fingerprint density at radius 3 is 2.67 bits per heavy atom. The van der Waals surface area contributed by atoms with Crippen molar-refractivity contribution in [3.05, 3.63) is 59.1 Å². The Balaban J connectivity index is 1.89. The molecule has 1 aliphatic heterocycles. The Morgan fingerprint density at radius 1 is 1.14 bits per heavy atom. The summed E-state index contributed by atoms with van der Waals surface area (Å²) in [6, 6.07) is 13.7. The first-order valence-corrected chi connectivity index (χ1v) is 6.90. The zero-order valence-electron chi connectivity index (χ0n) is 11.1. The molecule has 0 bridgehead atoms. The molecule has 1 heterocycles. The van der Waals surface area contributed by atoms with Crippen LogP contribution < -0.4 is 9.64 Å². The van der Waals surface area contributed by atoms with Crippen molar-refractivity contribution in [1.29, 1.82) is 0 Å². The van der Waals surface area contributed by atoms with E-state index in [9.17, 15) is 9.59 Å². The van der Waals surface area contributed by atoms with E-state index in [1.54, 1.807) is 42.5 Å². The molecule has 0 aromatic heterocycles. The first-order chi connectivity index (χ1) is 10.1. The zero-order chi connectivity index (χ0) is 14.8. The van der Waals surface area contributed by atoms with Gasteiger partial charge >= 0.3 is 6.09 Å². The molecular formula is C16H12ClNO3. The van der Waals surface area contributed by atoms with Gasteiger partial charge in [0.1, 0.15) is 5.75 Å². The summed E-state index contributed by atoms with van der Waals surface area (Å²) in [7, 11) is 0. The fourth-order valence-corrected chi connectivity index (χ4v) is 2.44. The third-order valence-electron chi connectivity index (χ3n) is 3.28. The Kier molecular flexibility index (Phi) is 3.62. The molecule has 0 fully saturated rings. The Morgan fingerprint density at radius 2 is 1.90 bits per heavy atom. The van der Waals surface area contributed by atoms with Crippen LogP contribution >= 0.6 is 11.6 Å². The molecule has 0 radical (unpaired) electrons. The van der Waals surface area contributed by atoms with Crippen molar-refractivity contribution >= 4 is 29.2 Å². The molecule has 1 aliphatic rings. The predicted octanol–water partition coefficient (Wildman–Crippen LogP) is 3.93. The summed E-state index contributed by atoms with van der Waals surface area (Å²) in [5.74, 6) is 0.450. The van der Waals surface area contributed by atoms with Crippen LogP contribution in [0.15, 0.2) is 48.5 Å². The first kappa shape index (κ1) is 13.6. The number of hydrogen-bond acceptors (Lipinski definition) is 3. The van der Waals surface area contributed by atoms with Crippen LogP contribution in [0.25, 0.3) is 0 Å². The fraction of sp³-hybridized carbons (Fsp3) is 0.125. The molecule has 21 heavy (non-hydrogen) atoms. The number of para-hydroxylation sites is 1. The molecule has 0 unspecified atom stereocenters. The molecule has 0 spiro atoms. The van der Waals surface area contributed by atoms with Crippen molar-refractivity contribution in [1.82, 2.24) is 0 Å². The zero-order valence-corrected chi connectivity index (χ0v) is 11.8. The lowest BCUT2D eigenvalue weighted by atomic mass is 10.0. The van der Waals surface area contributed by atoms with Crippen LogP contribution in [0.2, 0.25) is 5.02 Å². The highest BCUT2D eigenvalue weighted by Gasteiger charge is 2.28. The Labute approximate surface area is 126 Å². The maximum Gasteiger partial charge on any atom is 0.419 e. The van der Waals surface area contributed by atoms with Gasteiger partial charge in [0.05, 0.1) is 5.69 Å². The normalized spacial score (nSPS) is 13.8. The number of nitrogens with zero attached hydrogens (tertiary/aromatic N) is 1. The standard InChI is InChI=1S/C16H12ClNO3/c17-11-6-7-14-13(10-11)15(19)8-9-18(14)16(20)21-12-4-2-1-3-5-12/h1-7,10H,8-9H2. The van der Waals surface area contributed by atoms with Crippen molar-refractivity contribution in [3.8, 4) is 5.75 Å². The van der Waals surface area contributed by atoms with Crippen molar-refractivity contribution < 1.29 is 14.3 Å². The van der Waals surface area contributed by atoms with Gasteiger partial charge in [0.2, 0.25) is 0 Å². The van der Waals surface area contributed by atoms with Gasteiger partial charge in [0.25, 0.3) is 0 Å². The monoisotopic (exact) mass is 301 g/mol. The second kappa shape index (κ2) is 5.58. The lowest BCUT2D eigenvalue weighted by Crippen LogP contribution is -2.39. The van der Waals surface area contributed by atoms with Crippen molar-refractivity contribution in [3.63, 3.8) is 0 Å². The number of hydrogen-bond donors (Lipinski definition) is 0. The molecule has 2 aromatic carbocycles. The quantitative estimate of drug-likeness (QED) is 0.801. The van der Waals surface area contributed by atoms with Gasteiger partial charge in [-0.2, -0.15) is 0 Å². The molecule has 106 valence electrons. The van der Waals surface area contributed by atoms with Crippen LogP contribution in [0, 0.1) is 0 Å². The molecule has 1 amide bonds. The molecule has 0 saturated heterocycles. The number of fused-ring (bicyclic) bond motifs is 1. The summed E-state index contributed by atoms with van der Waals surface area (Å²) in [6.45, 7) is 0.305. The Bertz CT molecular complexity index is 700. The number of halogens is 1. The second-order valence-corrected chi connectivity index (χ2v) is 5.10. The average Bonchev–Trinajstić information content (AvgIpc) is 2.49.